The van der Waals surface area contributed by atoms with E-state index in [1.807, 2.05) is 6.92 Å². The average molecular weight is 180 g/mol. The first-order chi connectivity index (χ1) is 6.07. The number of hydrogen-bond acceptors (Lipinski definition) is 3. The Kier molecular flexibility index (Phi) is 2.56. The molecule has 0 saturated heterocycles. The standard InChI is InChI=1S/C10H12O3/c1-4-5-8-6(2)9(11)7(3)10(12)13-8/h4-5,11H,1-3H3/b5-4+. The van der Waals surface area contributed by atoms with Gasteiger partial charge in [-0.25, -0.2) is 4.79 Å². The van der Waals surface area contributed by atoms with E-state index in [4.69, 9.17) is 4.42 Å². The normalized spacial score (nSPS) is 11.0. The van der Waals surface area contributed by atoms with Crippen LogP contribution in [0.5, 0.6) is 5.75 Å². The van der Waals surface area contributed by atoms with Crippen molar-refractivity contribution in [2.45, 2.75) is 20.8 Å². The Morgan fingerprint density at radius 1 is 1.31 bits per heavy atom. The molecule has 0 unspecified atom stereocenters. The fraction of sp³-hybridized carbons (Fsp3) is 0.300. The topological polar surface area (TPSA) is 50.4 Å². The molecule has 0 spiro atoms. The van der Waals surface area contributed by atoms with Gasteiger partial charge in [-0.1, -0.05) is 6.08 Å². The van der Waals surface area contributed by atoms with Crippen LogP contribution in [-0.2, 0) is 0 Å². The second-order valence-corrected chi connectivity index (χ2v) is 2.85. The fourth-order valence-corrected chi connectivity index (χ4v) is 1.06. The van der Waals surface area contributed by atoms with Crippen molar-refractivity contribution in [1.82, 2.24) is 0 Å². The molecule has 0 aliphatic heterocycles. The molecule has 0 aromatic carbocycles. The highest BCUT2D eigenvalue weighted by Gasteiger charge is 2.10. The molecule has 0 aliphatic carbocycles. The van der Waals surface area contributed by atoms with Gasteiger partial charge in [0, 0.05) is 5.56 Å². The predicted octanol–water partition coefficient (Wildman–Crippen LogP) is 2.00. The molecule has 0 radical (unpaired) electrons. The molecule has 1 N–H and O–H groups in total. The molecular weight excluding hydrogens is 168 g/mol. The van der Waals surface area contributed by atoms with E-state index in [2.05, 4.69) is 0 Å². The van der Waals surface area contributed by atoms with Crippen LogP contribution in [0.3, 0.4) is 0 Å². The highest BCUT2D eigenvalue weighted by molar-refractivity contribution is 5.52. The van der Waals surface area contributed by atoms with Crippen LogP contribution in [0.25, 0.3) is 6.08 Å². The summed E-state index contributed by atoms with van der Waals surface area (Å²) < 4.78 is 4.96. The summed E-state index contributed by atoms with van der Waals surface area (Å²) in [7, 11) is 0. The zero-order chi connectivity index (χ0) is 10.0. The molecule has 1 heterocycles. The maximum absolute atomic E-state index is 11.1. The van der Waals surface area contributed by atoms with Crippen LogP contribution in [0, 0.1) is 13.8 Å². The van der Waals surface area contributed by atoms with Gasteiger partial charge in [-0.2, -0.15) is 0 Å². The van der Waals surface area contributed by atoms with Gasteiger partial charge in [0.1, 0.15) is 11.5 Å². The van der Waals surface area contributed by atoms with Gasteiger partial charge in [-0.05, 0) is 26.8 Å². The molecule has 3 nitrogen and oxygen atoms in total. The third kappa shape index (κ3) is 1.64. The summed E-state index contributed by atoms with van der Waals surface area (Å²) in [5, 5.41) is 9.50. The lowest BCUT2D eigenvalue weighted by Gasteiger charge is -2.03. The lowest BCUT2D eigenvalue weighted by Crippen LogP contribution is -2.05. The first-order valence-electron chi connectivity index (χ1n) is 4.04. The first kappa shape index (κ1) is 9.58. The average Bonchev–Trinajstić information content (AvgIpc) is 2.11. The van der Waals surface area contributed by atoms with Crippen molar-refractivity contribution in [1.29, 1.82) is 0 Å². The van der Waals surface area contributed by atoms with Crippen molar-refractivity contribution in [3.8, 4) is 5.75 Å². The quantitative estimate of drug-likeness (QED) is 0.719. The van der Waals surface area contributed by atoms with Crippen LogP contribution in [-0.4, -0.2) is 5.11 Å². The Labute approximate surface area is 76.3 Å². The summed E-state index contributed by atoms with van der Waals surface area (Å²) in [6, 6.07) is 0. The van der Waals surface area contributed by atoms with Gasteiger partial charge in [0.25, 0.3) is 0 Å². The van der Waals surface area contributed by atoms with Crippen molar-refractivity contribution in [2.24, 2.45) is 0 Å². The Balaban J connectivity index is 3.50. The molecule has 1 rings (SSSR count). The van der Waals surface area contributed by atoms with Crippen molar-refractivity contribution < 1.29 is 9.52 Å². The second-order valence-electron chi connectivity index (χ2n) is 2.85. The summed E-state index contributed by atoms with van der Waals surface area (Å²) in [6.45, 7) is 5.06. The number of allylic oxidation sites excluding steroid dienone is 1. The molecule has 0 aliphatic rings. The molecule has 1 aromatic rings. The third-order valence-corrected chi connectivity index (χ3v) is 1.91. The van der Waals surface area contributed by atoms with E-state index in [1.165, 1.54) is 6.92 Å². The van der Waals surface area contributed by atoms with Crippen LogP contribution in [0.2, 0.25) is 0 Å². The molecule has 13 heavy (non-hydrogen) atoms. The van der Waals surface area contributed by atoms with Gasteiger partial charge in [0.2, 0.25) is 0 Å². The van der Waals surface area contributed by atoms with Crippen LogP contribution < -0.4 is 5.63 Å². The SMILES string of the molecule is C/C=C/c1oc(=O)c(C)c(O)c1C. The minimum atomic E-state index is -0.490. The van der Waals surface area contributed by atoms with E-state index < -0.39 is 5.63 Å². The van der Waals surface area contributed by atoms with Crippen molar-refractivity contribution in [3.63, 3.8) is 0 Å². The van der Waals surface area contributed by atoms with E-state index in [0.29, 0.717) is 11.3 Å². The van der Waals surface area contributed by atoms with Crippen LogP contribution >= 0.6 is 0 Å². The molecule has 0 amide bonds. The summed E-state index contributed by atoms with van der Waals surface area (Å²) in [5.41, 5.74) is 0.358. The van der Waals surface area contributed by atoms with Gasteiger partial charge in [-0.15, -0.1) is 0 Å². The van der Waals surface area contributed by atoms with Gasteiger partial charge in [0.15, 0.2) is 0 Å². The summed E-state index contributed by atoms with van der Waals surface area (Å²) in [6.07, 6.45) is 3.40. The molecule has 3 heteroatoms. The third-order valence-electron chi connectivity index (χ3n) is 1.91. The Morgan fingerprint density at radius 2 is 1.92 bits per heavy atom. The predicted molar refractivity (Wildman–Crippen MR) is 50.8 cm³/mol. The highest BCUT2D eigenvalue weighted by Crippen LogP contribution is 2.22. The summed E-state index contributed by atoms with van der Waals surface area (Å²) in [5.74, 6) is 0.431. The van der Waals surface area contributed by atoms with Gasteiger partial charge in [-0.3, -0.25) is 0 Å². The van der Waals surface area contributed by atoms with E-state index in [0.717, 1.165) is 0 Å². The lowest BCUT2D eigenvalue weighted by molar-refractivity contribution is 0.430. The molecule has 70 valence electrons. The van der Waals surface area contributed by atoms with E-state index >= 15 is 0 Å². The lowest BCUT2D eigenvalue weighted by atomic mass is 10.1. The van der Waals surface area contributed by atoms with Crippen LogP contribution in [0.4, 0.5) is 0 Å². The Morgan fingerprint density at radius 3 is 2.46 bits per heavy atom. The number of rotatable bonds is 1. The monoisotopic (exact) mass is 180 g/mol. The molecule has 0 atom stereocenters. The van der Waals surface area contributed by atoms with E-state index in [9.17, 15) is 9.90 Å². The molecular formula is C10H12O3. The van der Waals surface area contributed by atoms with Gasteiger partial charge in [0.05, 0.1) is 5.56 Å². The van der Waals surface area contributed by atoms with Gasteiger partial charge < -0.3 is 9.52 Å². The molecule has 0 fully saturated rings. The minimum Gasteiger partial charge on any atom is -0.507 e. The maximum atomic E-state index is 11.1. The fourth-order valence-electron chi connectivity index (χ4n) is 1.06. The smallest absolute Gasteiger partial charge is 0.342 e. The minimum absolute atomic E-state index is 0.0179. The highest BCUT2D eigenvalue weighted by atomic mass is 16.4. The summed E-state index contributed by atoms with van der Waals surface area (Å²) in [4.78, 5) is 11.1. The van der Waals surface area contributed by atoms with Crippen molar-refractivity contribution >= 4 is 6.08 Å². The Bertz CT molecular complexity index is 399. The number of aromatic hydroxyl groups is 1. The molecule has 1 aromatic heterocycles. The zero-order valence-electron chi connectivity index (χ0n) is 7.92. The van der Waals surface area contributed by atoms with Crippen molar-refractivity contribution in [3.05, 3.63) is 33.4 Å². The largest absolute Gasteiger partial charge is 0.507 e. The van der Waals surface area contributed by atoms with Crippen molar-refractivity contribution in [2.75, 3.05) is 0 Å². The maximum Gasteiger partial charge on any atom is 0.342 e. The van der Waals surface area contributed by atoms with Crippen LogP contribution in [0.1, 0.15) is 23.8 Å². The van der Waals surface area contributed by atoms with E-state index in [1.54, 1.807) is 19.1 Å². The molecule has 0 bridgehead atoms. The summed E-state index contributed by atoms with van der Waals surface area (Å²) >= 11 is 0. The van der Waals surface area contributed by atoms with Crippen LogP contribution in [0.15, 0.2) is 15.3 Å². The van der Waals surface area contributed by atoms with E-state index in [-0.39, 0.29) is 11.3 Å². The molecule has 0 saturated carbocycles. The second kappa shape index (κ2) is 3.47. The number of hydrogen-bond donors (Lipinski definition) is 1. The van der Waals surface area contributed by atoms with Gasteiger partial charge >= 0.3 is 5.63 Å². The first-order valence-corrected chi connectivity index (χ1v) is 4.04. The Hall–Kier alpha value is -1.51. The zero-order valence-corrected chi connectivity index (χ0v) is 7.92.